The number of halogens is 1. The van der Waals surface area contributed by atoms with Gasteiger partial charge in [-0.15, -0.1) is 16.7 Å². The van der Waals surface area contributed by atoms with Crippen molar-refractivity contribution in [3.05, 3.63) is 10.6 Å². The predicted molar refractivity (Wildman–Crippen MR) is 35.4 cm³/mol. The molecule has 0 fully saturated rings. The molecule has 50 valence electrons. The lowest BCUT2D eigenvalue weighted by atomic mass is 10.4. The van der Waals surface area contributed by atoms with Crippen LogP contribution in [0.5, 0.6) is 0 Å². The van der Waals surface area contributed by atoms with Crippen LogP contribution >= 0.6 is 23.1 Å². The van der Waals surface area contributed by atoms with Gasteiger partial charge in [-0.2, -0.15) is 0 Å². The number of hydrogen-bond acceptors (Lipinski definition) is 4. The maximum absolute atomic E-state index is 8.61. The third-order valence-electron chi connectivity index (χ3n) is 0.905. The lowest BCUT2D eigenvalue weighted by molar-refractivity contribution is 0.284. The number of hydrogen-bond donors (Lipinski definition) is 1. The first-order valence-electron chi connectivity index (χ1n) is 2.35. The Morgan fingerprint density at radius 3 is 2.89 bits per heavy atom. The van der Waals surface area contributed by atoms with E-state index in [1.54, 1.807) is 0 Å². The number of aliphatic hydroxyl groups is 1. The maximum atomic E-state index is 8.61. The molecular formula is C4H5ClN2OS. The summed E-state index contributed by atoms with van der Waals surface area (Å²) in [6, 6.07) is 0. The standard InChI is InChI=1S/C4H5ClN2OS/c5-1-3-4(2-8)9-7-6-3/h8H,1-2H2. The van der Waals surface area contributed by atoms with Crippen LogP contribution in [0, 0.1) is 0 Å². The summed E-state index contributed by atoms with van der Waals surface area (Å²) in [4.78, 5) is 0.755. The Morgan fingerprint density at radius 1 is 1.67 bits per heavy atom. The number of aliphatic hydroxyl groups excluding tert-OH is 1. The molecule has 0 aromatic carbocycles. The molecular weight excluding hydrogens is 160 g/mol. The molecule has 0 atom stereocenters. The molecule has 0 unspecified atom stereocenters. The topological polar surface area (TPSA) is 46.0 Å². The summed E-state index contributed by atoms with van der Waals surface area (Å²) in [5.41, 5.74) is 0.684. The second kappa shape index (κ2) is 3.10. The molecule has 3 nitrogen and oxygen atoms in total. The van der Waals surface area contributed by atoms with Crippen LogP contribution in [-0.4, -0.2) is 14.7 Å². The largest absolute Gasteiger partial charge is 0.391 e. The second-order valence-electron chi connectivity index (χ2n) is 1.43. The van der Waals surface area contributed by atoms with E-state index in [0.717, 1.165) is 4.88 Å². The Bertz CT molecular complexity index is 172. The van der Waals surface area contributed by atoms with Crippen LogP contribution in [-0.2, 0) is 12.5 Å². The fourth-order valence-corrected chi connectivity index (χ4v) is 1.26. The van der Waals surface area contributed by atoms with Crippen LogP contribution in [0.3, 0.4) is 0 Å². The van der Waals surface area contributed by atoms with Crippen LogP contribution in [0.1, 0.15) is 10.6 Å². The van der Waals surface area contributed by atoms with Gasteiger partial charge in [-0.25, -0.2) is 0 Å². The molecule has 5 heteroatoms. The summed E-state index contributed by atoms with van der Waals surface area (Å²) in [5.74, 6) is 0.326. The predicted octanol–water partition coefficient (Wildman–Crippen LogP) is 0.769. The van der Waals surface area contributed by atoms with Crippen molar-refractivity contribution >= 4 is 23.1 Å². The van der Waals surface area contributed by atoms with E-state index in [9.17, 15) is 0 Å². The normalized spacial score (nSPS) is 10.0. The van der Waals surface area contributed by atoms with Gasteiger partial charge in [0.15, 0.2) is 0 Å². The average molecular weight is 165 g/mol. The van der Waals surface area contributed by atoms with Gasteiger partial charge in [-0.3, -0.25) is 0 Å². The Labute approximate surface area is 61.4 Å². The zero-order valence-corrected chi connectivity index (χ0v) is 6.11. The molecule has 0 amide bonds. The fourth-order valence-electron chi connectivity index (χ4n) is 0.449. The van der Waals surface area contributed by atoms with Crippen molar-refractivity contribution in [2.24, 2.45) is 0 Å². The van der Waals surface area contributed by atoms with Gasteiger partial charge in [0, 0.05) is 0 Å². The minimum atomic E-state index is -0.0142. The summed E-state index contributed by atoms with van der Waals surface area (Å²) < 4.78 is 3.61. The monoisotopic (exact) mass is 164 g/mol. The van der Waals surface area contributed by atoms with Gasteiger partial charge in [-0.1, -0.05) is 4.49 Å². The third kappa shape index (κ3) is 1.38. The molecule has 0 bridgehead atoms. The van der Waals surface area contributed by atoms with Crippen LogP contribution in [0.15, 0.2) is 0 Å². The smallest absolute Gasteiger partial charge is 0.0958 e. The van der Waals surface area contributed by atoms with E-state index in [0.29, 0.717) is 11.6 Å². The SMILES string of the molecule is OCc1snnc1CCl. The van der Waals surface area contributed by atoms with Crippen molar-refractivity contribution in [2.75, 3.05) is 0 Å². The summed E-state index contributed by atoms with van der Waals surface area (Å²) in [6.45, 7) is -0.0142. The quantitative estimate of drug-likeness (QED) is 0.657. The van der Waals surface area contributed by atoms with E-state index in [1.165, 1.54) is 11.5 Å². The highest BCUT2D eigenvalue weighted by molar-refractivity contribution is 7.05. The van der Waals surface area contributed by atoms with Crippen LogP contribution in [0.4, 0.5) is 0 Å². The number of rotatable bonds is 2. The van der Waals surface area contributed by atoms with Crippen molar-refractivity contribution in [2.45, 2.75) is 12.5 Å². The zero-order valence-electron chi connectivity index (χ0n) is 4.54. The van der Waals surface area contributed by atoms with Crippen LogP contribution in [0.25, 0.3) is 0 Å². The van der Waals surface area contributed by atoms with E-state index in [1.807, 2.05) is 0 Å². The summed E-state index contributed by atoms with van der Waals surface area (Å²) in [7, 11) is 0. The highest BCUT2D eigenvalue weighted by Gasteiger charge is 2.03. The molecule has 1 heterocycles. The van der Waals surface area contributed by atoms with E-state index in [-0.39, 0.29) is 6.61 Å². The van der Waals surface area contributed by atoms with Gasteiger partial charge >= 0.3 is 0 Å². The van der Waals surface area contributed by atoms with Crippen molar-refractivity contribution in [3.63, 3.8) is 0 Å². The molecule has 1 aromatic heterocycles. The van der Waals surface area contributed by atoms with Gasteiger partial charge in [0.05, 0.1) is 23.1 Å². The Balaban J connectivity index is 2.85. The zero-order chi connectivity index (χ0) is 6.69. The fraction of sp³-hybridized carbons (Fsp3) is 0.500. The first-order chi connectivity index (χ1) is 4.38. The van der Waals surface area contributed by atoms with Crippen molar-refractivity contribution in [1.29, 1.82) is 0 Å². The van der Waals surface area contributed by atoms with Gasteiger partial charge < -0.3 is 5.11 Å². The Hall–Kier alpha value is -0.190. The first kappa shape index (κ1) is 6.92. The van der Waals surface area contributed by atoms with Crippen LogP contribution < -0.4 is 0 Å². The van der Waals surface area contributed by atoms with E-state index in [2.05, 4.69) is 9.59 Å². The molecule has 0 saturated carbocycles. The highest BCUT2D eigenvalue weighted by atomic mass is 35.5. The molecule has 0 aliphatic rings. The summed E-state index contributed by atoms with van der Waals surface area (Å²) in [5, 5.41) is 12.3. The lowest BCUT2D eigenvalue weighted by Crippen LogP contribution is -1.85. The third-order valence-corrected chi connectivity index (χ3v) is 1.91. The molecule has 0 aliphatic carbocycles. The Kier molecular flexibility index (Phi) is 2.38. The van der Waals surface area contributed by atoms with Crippen molar-refractivity contribution in [1.82, 2.24) is 9.59 Å². The second-order valence-corrected chi connectivity index (χ2v) is 2.54. The van der Waals surface area contributed by atoms with Crippen LogP contribution in [0.2, 0.25) is 0 Å². The van der Waals surface area contributed by atoms with Crippen molar-refractivity contribution < 1.29 is 5.11 Å². The van der Waals surface area contributed by atoms with Gasteiger partial charge in [0.25, 0.3) is 0 Å². The summed E-state index contributed by atoms with van der Waals surface area (Å²) in [6.07, 6.45) is 0. The van der Waals surface area contributed by atoms with Gasteiger partial charge in [0.1, 0.15) is 0 Å². The Morgan fingerprint density at radius 2 is 2.44 bits per heavy atom. The maximum Gasteiger partial charge on any atom is 0.0958 e. The number of alkyl halides is 1. The molecule has 1 rings (SSSR count). The molecule has 1 N–H and O–H groups in total. The number of nitrogens with zero attached hydrogens (tertiary/aromatic N) is 2. The lowest BCUT2D eigenvalue weighted by Gasteiger charge is -1.86. The van der Waals surface area contributed by atoms with E-state index >= 15 is 0 Å². The molecule has 0 saturated heterocycles. The molecule has 1 aromatic rings. The van der Waals surface area contributed by atoms with E-state index < -0.39 is 0 Å². The number of aromatic nitrogens is 2. The highest BCUT2D eigenvalue weighted by Crippen LogP contribution is 2.11. The molecule has 0 spiro atoms. The van der Waals surface area contributed by atoms with Gasteiger partial charge in [-0.05, 0) is 11.5 Å². The minimum absolute atomic E-state index is 0.0142. The average Bonchev–Trinajstić information content (AvgIpc) is 2.33. The minimum Gasteiger partial charge on any atom is -0.391 e. The first-order valence-corrected chi connectivity index (χ1v) is 3.66. The van der Waals surface area contributed by atoms with Crippen molar-refractivity contribution in [3.8, 4) is 0 Å². The molecule has 0 radical (unpaired) electrons. The van der Waals surface area contributed by atoms with E-state index in [4.69, 9.17) is 16.7 Å². The molecule has 0 aliphatic heterocycles. The molecule has 9 heavy (non-hydrogen) atoms. The summed E-state index contributed by atoms with van der Waals surface area (Å²) >= 11 is 6.62. The van der Waals surface area contributed by atoms with Gasteiger partial charge in [0.2, 0.25) is 0 Å².